The Morgan fingerprint density at radius 3 is 2.34 bits per heavy atom. The Kier molecular flexibility index (Phi) is 6.05. The van der Waals surface area contributed by atoms with Crippen molar-refractivity contribution in [2.24, 2.45) is 0 Å². The van der Waals surface area contributed by atoms with Gasteiger partial charge in [-0.1, -0.05) is 48.5 Å². The number of anilines is 1. The van der Waals surface area contributed by atoms with Gasteiger partial charge in [-0.15, -0.1) is 0 Å². The van der Waals surface area contributed by atoms with E-state index in [1.807, 2.05) is 0 Å². The molecule has 0 aliphatic heterocycles. The van der Waals surface area contributed by atoms with Crippen molar-refractivity contribution in [2.45, 2.75) is 17.9 Å². The van der Waals surface area contributed by atoms with Crippen LogP contribution in [0.4, 0.5) is 14.5 Å². The lowest BCUT2D eigenvalue weighted by Crippen LogP contribution is -2.34. The van der Waals surface area contributed by atoms with Crippen LogP contribution in [0.2, 0.25) is 5.02 Å². The zero-order chi connectivity index (χ0) is 21.2. The molecule has 0 aromatic heterocycles. The van der Waals surface area contributed by atoms with Gasteiger partial charge in [0.25, 0.3) is 10.0 Å². The van der Waals surface area contributed by atoms with Crippen LogP contribution in [0.25, 0.3) is 6.08 Å². The predicted octanol–water partition coefficient (Wildman–Crippen LogP) is 6.22. The van der Waals surface area contributed by atoms with E-state index in [0.29, 0.717) is 16.1 Å². The lowest BCUT2D eigenvalue weighted by atomic mass is 10.0. The van der Waals surface area contributed by atoms with Crippen LogP contribution in [-0.4, -0.2) is 8.42 Å². The highest BCUT2D eigenvalue weighted by Gasteiger charge is 2.33. The number of hydrogen-bond donors (Lipinski definition) is 0. The SMILES string of the molecule is C=Cc1ccccc1[C@@H](C)N(c1cc(F)ccc1F)S(=O)(=O)c1ccc(Cl)cc1. The maximum atomic E-state index is 14.7. The largest absolute Gasteiger partial charge is 0.264 e. The summed E-state index contributed by atoms with van der Waals surface area (Å²) in [5.74, 6) is -1.60. The molecule has 0 amide bonds. The van der Waals surface area contributed by atoms with Gasteiger partial charge in [-0.05, 0) is 54.4 Å². The Labute approximate surface area is 173 Å². The molecule has 3 aromatic rings. The quantitative estimate of drug-likeness (QED) is 0.463. The smallest absolute Gasteiger partial charge is 0.256 e. The molecule has 3 rings (SSSR count). The third kappa shape index (κ3) is 4.18. The average molecular weight is 434 g/mol. The van der Waals surface area contributed by atoms with Crippen molar-refractivity contribution >= 4 is 33.4 Å². The van der Waals surface area contributed by atoms with Crippen LogP contribution in [0.15, 0.2) is 78.2 Å². The van der Waals surface area contributed by atoms with Gasteiger partial charge in [0, 0.05) is 11.1 Å². The molecule has 0 unspecified atom stereocenters. The van der Waals surface area contributed by atoms with Gasteiger partial charge in [0.1, 0.15) is 11.6 Å². The first-order valence-corrected chi connectivity index (χ1v) is 10.5. The molecule has 0 heterocycles. The summed E-state index contributed by atoms with van der Waals surface area (Å²) in [6.45, 7) is 5.36. The van der Waals surface area contributed by atoms with E-state index < -0.39 is 27.7 Å². The van der Waals surface area contributed by atoms with Crippen molar-refractivity contribution in [1.82, 2.24) is 0 Å². The molecule has 29 heavy (non-hydrogen) atoms. The summed E-state index contributed by atoms with van der Waals surface area (Å²) >= 11 is 5.87. The Morgan fingerprint density at radius 1 is 1.03 bits per heavy atom. The maximum Gasteiger partial charge on any atom is 0.264 e. The van der Waals surface area contributed by atoms with Crippen molar-refractivity contribution in [3.63, 3.8) is 0 Å². The Balaban J connectivity index is 2.26. The topological polar surface area (TPSA) is 37.4 Å². The lowest BCUT2D eigenvalue weighted by molar-refractivity contribution is 0.570. The summed E-state index contributed by atoms with van der Waals surface area (Å²) in [7, 11) is -4.25. The summed E-state index contributed by atoms with van der Waals surface area (Å²) in [6.07, 6.45) is 1.58. The zero-order valence-electron chi connectivity index (χ0n) is 15.5. The first-order valence-electron chi connectivity index (χ1n) is 8.72. The molecule has 0 bridgehead atoms. The molecule has 0 saturated carbocycles. The van der Waals surface area contributed by atoms with Gasteiger partial charge >= 0.3 is 0 Å². The number of hydrogen-bond acceptors (Lipinski definition) is 2. The van der Waals surface area contributed by atoms with Crippen LogP contribution >= 0.6 is 11.6 Å². The molecule has 0 fully saturated rings. The highest BCUT2D eigenvalue weighted by molar-refractivity contribution is 7.92. The minimum absolute atomic E-state index is 0.0894. The van der Waals surface area contributed by atoms with E-state index in [9.17, 15) is 17.2 Å². The molecular formula is C22H18ClF2NO2S. The van der Waals surface area contributed by atoms with E-state index in [4.69, 9.17) is 11.6 Å². The minimum Gasteiger partial charge on any atom is -0.256 e. The third-order valence-corrected chi connectivity index (χ3v) is 6.68. The van der Waals surface area contributed by atoms with Crippen LogP contribution in [0.5, 0.6) is 0 Å². The highest BCUT2D eigenvalue weighted by atomic mass is 35.5. The standard InChI is InChI=1S/C22H18ClF2NO2S/c1-3-16-6-4-5-7-20(16)15(2)26(22-14-18(24)10-13-21(22)25)29(27,28)19-11-8-17(23)9-12-19/h3-15H,1H2,2H3/t15-/m1/s1. The fourth-order valence-electron chi connectivity index (χ4n) is 3.12. The van der Waals surface area contributed by atoms with Crippen molar-refractivity contribution in [3.05, 3.63) is 101 Å². The van der Waals surface area contributed by atoms with E-state index in [1.54, 1.807) is 37.3 Å². The van der Waals surface area contributed by atoms with Crippen molar-refractivity contribution in [3.8, 4) is 0 Å². The lowest BCUT2D eigenvalue weighted by Gasteiger charge is -2.32. The second-order valence-corrected chi connectivity index (χ2v) is 8.61. The normalized spacial score (nSPS) is 12.4. The van der Waals surface area contributed by atoms with E-state index in [0.717, 1.165) is 22.5 Å². The summed E-state index contributed by atoms with van der Waals surface area (Å²) in [5.41, 5.74) is 0.906. The predicted molar refractivity (Wildman–Crippen MR) is 112 cm³/mol. The molecule has 3 aromatic carbocycles. The number of benzene rings is 3. The fraction of sp³-hybridized carbons (Fsp3) is 0.0909. The molecule has 150 valence electrons. The third-order valence-electron chi connectivity index (χ3n) is 4.53. The summed E-state index contributed by atoms with van der Waals surface area (Å²) in [6, 6.07) is 14.4. The second-order valence-electron chi connectivity index (χ2n) is 6.36. The zero-order valence-corrected chi connectivity index (χ0v) is 17.1. The molecule has 0 aliphatic rings. The van der Waals surface area contributed by atoms with E-state index >= 15 is 0 Å². The monoisotopic (exact) mass is 433 g/mol. The molecular weight excluding hydrogens is 416 g/mol. The maximum absolute atomic E-state index is 14.7. The molecule has 0 aliphatic carbocycles. The molecule has 1 atom stereocenters. The van der Waals surface area contributed by atoms with Gasteiger partial charge in [-0.2, -0.15) is 0 Å². The first kappa shape index (κ1) is 21.0. The second kappa shape index (κ2) is 8.35. The average Bonchev–Trinajstić information content (AvgIpc) is 2.70. The van der Waals surface area contributed by atoms with Crippen LogP contribution in [-0.2, 0) is 10.0 Å². The van der Waals surface area contributed by atoms with Gasteiger partial charge in [-0.25, -0.2) is 17.2 Å². The van der Waals surface area contributed by atoms with E-state index in [2.05, 4.69) is 6.58 Å². The Morgan fingerprint density at radius 2 is 1.69 bits per heavy atom. The number of sulfonamides is 1. The van der Waals surface area contributed by atoms with E-state index in [1.165, 1.54) is 24.3 Å². The number of halogens is 3. The van der Waals surface area contributed by atoms with Crippen molar-refractivity contribution in [1.29, 1.82) is 0 Å². The number of nitrogens with zero attached hydrogens (tertiary/aromatic N) is 1. The molecule has 0 saturated heterocycles. The molecule has 7 heteroatoms. The molecule has 3 nitrogen and oxygen atoms in total. The number of rotatable bonds is 6. The van der Waals surface area contributed by atoms with Crippen LogP contribution in [0.3, 0.4) is 0 Å². The molecule has 0 N–H and O–H groups in total. The van der Waals surface area contributed by atoms with Crippen LogP contribution < -0.4 is 4.31 Å². The Bertz CT molecular complexity index is 1150. The first-order chi connectivity index (χ1) is 13.8. The van der Waals surface area contributed by atoms with Crippen LogP contribution in [0, 0.1) is 11.6 Å². The Hall–Kier alpha value is -2.70. The van der Waals surface area contributed by atoms with Crippen LogP contribution in [0.1, 0.15) is 24.1 Å². The van der Waals surface area contributed by atoms with Crippen molar-refractivity contribution < 1.29 is 17.2 Å². The summed E-state index contributed by atoms with van der Waals surface area (Å²) in [4.78, 5) is -0.0894. The molecule has 0 radical (unpaired) electrons. The van der Waals surface area contributed by atoms with E-state index in [-0.39, 0.29) is 10.6 Å². The van der Waals surface area contributed by atoms with Gasteiger partial charge < -0.3 is 0 Å². The van der Waals surface area contributed by atoms with Gasteiger partial charge in [0.2, 0.25) is 0 Å². The van der Waals surface area contributed by atoms with Crippen molar-refractivity contribution in [2.75, 3.05) is 4.31 Å². The minimum atomic E-state index is -4.25. The van der Waals surface area contributed by atoms with Gasteiger partial charge in [0.05, 0.1) is 16.6 Å². The summed E-state index contributed by atoms with van der Waals surface area (Å²) in [5, 5.41) is 0.359. The van der Waals surface area contributed by atoms with Gasteiger partial charge in [-0.3, -0.25) is 4.31 Å². The highest BCUT2D eigenvalue weighted by Crippen LogP contribution is 2.36. The molecule has 0 spiro atoms. The summed E-state index contributed by atoms with van der Waals surface area (Å²) < 4.78 is 56.5. The van der Waals surface area contributed by atoms with Gasteiger partial charge in [0.15, 0.2) is 0 Å². The fourth-order valence-corrected chi connectivity index (χ4v) is 4.89.